The van der Waals surface area contributed by atoms with E-state index in [0.29, 0.717) is 18.5 Å². The van der Waals surface area contributed by atoms with Gasteiger partial charge in [0.1, 0.15) is 0 Å². The molecule has 5 heteroatoms. The summed E-state index contributed by atoms with van der Waals surface area (Å²) in [6.45, 7) is 5.80. The normalized spacial score (nSPS) is 20.8. The molecule has 0 bridgehead atoms. The molecule has 0 aromatic carbocycles. The van der Waals surface area contributed by atoms with E-state index in [9.17, 15) is 4.79 Å². The number of hydrogen-bond acceptors (Lipinski definition) is 3. The highest BCUT2D eigenvalue weighted by molar-refractivity contribution is 5.76. The Morgan fingerprint density at radius 2 is 2.33 bits per heavy atom. The highest BCUT2D eigenvalue weighted by Crippen LogP contribution is 2.10. The molecule has 18 heavy (non-hydrogen) atoms. The SMILES string of the molecule is CC(C)n1ccc(CNC2CCC(=O)N(C)C2)n1. The summed E-state index contributed by atoms with van der Waals surface area (Å²) in [6, 6.07) is 2.83. The average molecular weight is 250 g/mol. The van der Waals surface area contributed by atoms with Gasteiger partial charge in [0.25, 0.3) is 0 Å². The summed E-state index contributed by atoms with van der Waals surface area (Å²) in [6.07, 6.45) is 3.58. The van der Waals surface area contributed by atoms with Gasteiger partial charge < -0.3 is 10.2 Å². The van der Waals surface area contributed by atoms with E-state index in [4.69, 9.17) is 0 Å². The van der Waals surface area contributed by atoms with Gasteiger partial charge >= 0.3 is 0 Å². The summed E-state index contributed by atoms with van der Waals surface area (Å²) in [5.41, 5.74) is 1.06. The molecular formula is C13H22N4O. The molecule has 2 rings (SSSR count). The van der Waals surface area contributed by atoms with E-state index in [1.807, 2.05) is 24.0 Å². The predicted octanol–water partition coefficient (Wildman–Crippen LogP) is 1.17. The number of amides is 1. The van der Waals surface area contributed by atoms with Gasteiger partial charge in [0.2, 0.25) is 5.91 Å². The van der Waals surface area contributed by atoms with E-state index in [1.165, 1.54) is 0 Å². The average Bonchev–Trinajstić information content (AvgIpc) is 2.79. The maximum absolute atomic E-state index is 11.4. The lowest BCUT2D eigenvalue weighted by atomic mass is 10.1. The van der Waals surface area contributed by atoms with Crippen molar-refractivity contribution >= 4 is 5.91 Å². The summed E-state index contributed by atoms with van der Waals surface area (Å²) in [5, 5.41) is 7.97. The minimum absolute atomic E-state index is 0.247. The number of carbonyl (C=O) groups excluding carboxylic acids is 1. The monoisotopic (exact) mass is 250 g/mol. The molecule has 5 nitrogen and oxygen atoms in total. The van der Waals surface area contributed by atoms with E-state index in [1.54, 1.807) is 4.90 Å². The minimum atomic E-state index is 0.247. The number of aromatic nitrogens is 2. The first-order valence-corrected chi connectivity index (χ1v) is 6.57. The molecule has 0 saturated carbocycles. The van der Waals surface area contributed by atoms with E-state index < -0.39 is 0 Å². The number of likely N-dealkylation sites (tertiary alicyclic amines) is 1. The molecule has 1 amide bonds. The summed E-state index contributed by atoms with van der Waals surface area (Å²) in [7, 11) is 1.86. The summed E-state index contributed by atoms with van der Waals surface area (Å²) < 4.78 is 1.97. The zero-order chi connectivity index (χ0) is 13.1. The Balaban J connectivity index is 1.82. The topological polar surface area (TPSA) is 50.2 Å². The maximum atomic E-state index is 11.4. The first kappa shape index (κ1) is 13.1. The van der Waals surface area contributed by atoms with Crippen molar-refractivity contribution < 1.29 is 4.79 Å². The second-order valence-electron chi connectivity index (χ2n) is 5.27. The van der Waals surface area contributed by atoms with Gasteiger partial charge in [-0.3, -0.25) is 9.48 Å². The standard InChI is InChI=1S/C13H22N4O/c1-10(2)17-7-6-11(15-17)8-14-12-4-5-13(18)16(3)9-12/h6-7,10,12,14H,4-5,8-9H2,1-3H3. The number of likely N-dealkylation sites (N-methyl/N-ethyl adjacent to an activating group) is 1. The van der Waals surface area contributed by atoms with Crippen LogP contribution in [0.25, 0.3) is 0 Å². The van der Waals surface area contributed by atoms with E-state index >= 15 is 0 Å². The van der Waals surface area contributed by atoms with Crippen molar-refractivity contribution in [1.82, 2.24) is 20.0 Å². The van der Waals surface area contributed by atoms with Crippen LogP contribution in [0.3, 0.4) is 0 Å². The summed E-state index contributed by atoms with van der Waals surface area (Å²) in [4.78, 5) is 13.2. The Kier molecular flexibility index (Phi) is 4.01. The van der Waals surface area contributed by atoms with Gasteiger partial charge in [-0.1, -0.05) is 0 Å². The first-order valence-electron chi connectivity index (χ1n) is 6.57. The van der Waals surface area contributed by atoms with Crippen LogP contribution >= 0.6 is 0 Å². The van der Waals surface area contributed by atoms with Crippen molar-refractivity contribution in [3.05, 3.63) is 18.0 Å². The van der Waals surface area contributed by atoms with Gasteiger partial charge in [-0.15, -0.1) is 0 Å². The number of carbonyl (C=O) groups is 1. The predicted molar refractivity (Wildman–Crippen MR) is 70.1 cm³/mol. The van der Waals surface area contributed by atoms with Crippen LogP contribution in [0, 0.1) is 0 Å². The lowest BCUT2D eigenvalue weighted by molar-refractivity contribution is -0.132. The fraction of sp³-hybridized carbons (Fsp3) is 0.692. The molecule has 2 heterocycles. The molecule has 1 aromatic rings. The van der Waals surface area contributed by atoms with Crippen LogP contribution in [0.2, 0.25) is 0 Å². The van der Waals surface area contributed by atoms with Gasteiger partial charge in [0.15, 0.2) is 0 Å². The zero-order valence-corrected chi connectivity index (χ0v) is 11.4. The quantitative estimate of drug-likeness (QED) is 0.873. The lowest BCUT2D eigenvalue weighted by Gasteiger charge is -2.30. The molecule has 1 unspecified atom stereocenters. The third kappa shape index (κ3) is 3.10. The number of rotatable bonds is 4. The van der Waals surface area contributed by atoms with Crippen molar-refractivity contribution in [2.45, 2.75) is 45.3 Å². The second kappa shape index (κ2) is 5.52. The van der Waals surface area contributed by atoms with Gasteiger partial charge in [-0.05, 0) is 26.3 Å². The van der Waals surface area contributed by atoms with Crippen LogP contribution < -0.4 is 5.32 Å². The summed E-state index contributed by atoms with van der Waals surface area (Å²) in [5.74, 6) is 0.247. The van der Waals surface area contributed by atoms with Crippen LogP contribution in [-0.4, -0.2) is 40.2 Å². The van der Waals surface area contributed by atoms with Crippen molar-refractivity contribution in [1.29, 1.82) is 0 Å². The minimum Gasteiger partial charge on any atom is -0.344 e. The molecular weight excluding hydrogens is 228 g/mol. The molecule has 1 aliphatic heterocycles. The molecule has 1 fully saturated rings. The zero-order valence-electron chi connectivity index (χ0n) is 11.4. The lowest BCUT2D eigenvalue weighted by Crippen LogP contribution is -2.46. The van der Waals surface area contributed by atoms with E-state index in [-0.39, 0.29) is 5.91 Å². The van der Waals surface area contributed by atoms with Crippen LogP contribution in [-0.2, 0) is 11.3 Å². The molecule has 1 aromatic heterocycles. The Hall–Kier alpha value is -1.36. The van der Waals surface area contributed by atoms with Crippen molar-refractivity contribution in [3.63, 3.8) is 0 Å². The van der Waals surface area contributed by atoms with Crippen molar-refractivity contribution in [2.75, 3.05) is 13.6 Å². The van der Waals surface area contributed by atoms with Gasteiger partial charge in [0, 0.05) is 44.8 Å². The van der Waals surface area contributed by atoms with Crippen molar-refractivity contribution in [2.24, 2.45) is 0 Å². The third-order valence-corrected chi connectivity index (χ3v) is 3.39. The highest BCUT2D eigenvalue weighted by Gasteiger charge is 2.22. The number of nitrogens with one attached hydrogen (secondary N) is 1. The largest absolute Gasteiger partial charge is 0.344 e. The van der Waals surface area contributed by atoms with Gasteiger partial charge in [-0.25, -0.2) is 0 Å². The van der Waals surface area contributed by atoms with E-state index in [2.05, 4.69) is 24.3 Å². The summed E-state index contributed by atoms with van der Waals surface area (Å²) >= 11 is 0. The highest BCUT2D eigenvalue weighted by atomic mass is 16.2. The van der Waals surface area contributed by atoms with Gasteiger partial charge in [0.05, 0.1) is 5.69 Å². The van der Waals surface area contributed by atoms with E-state index in [0.717, 1.165) is 25.2 Å². The van der Waals surface area contributed by atoms with Crippen LogP contribution in [0.1, 0.15) is 38.4 Å². The maximum Gasteiger partial charge on any atom is 0.222 e. The number of piperidine rings is 1. The van der Waals surface area contributed by atoms with Crippen LogP contribution in [0.5, 0.6) is 0 Å². The smallest absolute Gasteiger partial charge is 0.222 e. The fourth-order valence-corrected chi connectivity index (χ4v) is 2.19. The van der Waals surface area contributed by atoms with Crippen LogP contribution in [0.4, 0.5) is 0 Å². The number of hydrogen-bond donors (Lipinski definition) is 1. The molecule has 1 saturated heterocycles. The Labute approximate surface area is 108 Å². The molecule has 0 aliphatic carbocycles. The molecule has 0 radical (unpaired) electrons. The third-order valence-electron chi connectivity index (χ3n) is 3.39. The second-order valence-corrected chi connectivity index (χ2v) is 5.27. The molecule has 0 spiro atoms. The molecule has 1 N–H and O–H groups in total. The van der Waals surface area contributed by atoms with Crippen molar-refractivity contribution in [3.8, 4) is 0 Å². The fourth-order valence-electron chi connectivity index (χ4n) is 2.19. The Bertz CT molecular complexity index is 413. The Morgan fingerprint density at radius 1 is 1.56 bits per heavy atom. The molecule has 1 atom stereocenters. The molecule has 1 aliphatic rings. The van der Waals surface area contributed by atoms with Gasteiger partial charge in [-0.2, -0.15) is 5.10 Å². The molecule has 100 valence electrons. The first-order chi connectivity index (χ1) is 8.56. The number of nitrogens with zero attached hydrogens (tertiary/aromatic N) is 3. The Morgan fingerprint density at radius 3 is 2.94 bits per heavy atom. The van der Waals surface area contributed by atoms with Crippen LogP contribution in [0.15, 0.2) is 12.3 Å².